The minimum absolute atomic E-state index is 0.00683. The Balaban J connectivity index is 1.38. The third-order valence-electron chi connectivity index (χ3n) is 15.0. The lowest BCUT2D eigenvalue weighted by molar-refractivity contribution is -0.346. The lowest BCUT2D eigenvalue weighted by Gasteiger charge is -2.67. The number of fused-ring (bicyclic) bond motifs is 5. The summed E-state index contributed by atoms with van der Waals surface area (Å²) in [7, 11) is 0. The maximum Gasteiger partial charge on any atom is 0.408 e. The third kappa shape index (κ3) is 10.1. The molecule has 400 valence electrons. The SMILES string of the molecule is CC(=O)O[C@@]12CO[C@@H]1C[C@H](O)[C@@]1(C)C(=O)[C@H](OC(=O)CO[C@@H]3O[C@H](CO)[C@@H](O)[C@H](O)[C@H]3O)C3=C(C)[C@@H](OC(=O)[C@H](O)[C@@H](NC(=O)OC(C)(C)C)c4ccccc4)C[C@@](O)([C@@H](OC(=O)c4ccccc4)[C@H]21)C3(C)C. The minimum atomic E-state index is -2.58. The first kappa shape index (κ1) is 55.4. The minimum Gasteiger partial charge on any atom is -0.456 e. The summed E-state index contributed by atoms with van der Waals surface area (Å²) in [6.07, 6.45) is -21.8. The number of aliphatic hydroxyl groups is 7. The topological polar surface area (TPSA) is 330 Å². The molecular formula is C51H65NO21. The number of benzene rings is 2. The maximum atomic E-state index is 16.0. The van der Waals surface area contributed by atoms with Gasteiger partial charge < -0.3 is 79.0 Å². The van der Waals surface area contributed by atoms with Gasteiger partial charge in [0, 0.05) is 25.2 Å². The zero-order chi connectivity index (χ0) is 53.7. The van der Waals surface area contributed by atoms with E-state index in [-0.39, 0.29) is 28.7 Å². The summed E-state index contributed by atoms with van der Waals surface area (Å²) >= 11 is 0. The van der Waals surface area contributed by atoms with E-state index in [9.17, 15) is 59.7 Å². The van der Waals surface area contributed by atoms with Gasteiger partial charge in [0.05, 0.1) is 42.3 Å². The van der Waals surface area contributed by atoms with Crippen LogP contribution >= 0.6 is 0 Å². The van der Waals surface area contributed by atoms with Crippen LogP contribution in [0.3, 0.4) is 0 Å². The van der Waals surface area contributed by atoms with Crippen LogP contribution in [-0.4, -0.2) is 175 Å². The molecule has 1 amide bonds. The summed E-state index contributed by atoms with van der Waals surface area (Å²) in [5.41, 5.74) is -9.64. The molecule has 0 aromatic heterocycles. The van der Waals surface area contributed by atoms with Gasteiger partial charge in [-0.1, -0.05) is 62.4 Å². The van der Waals surface area contributed by atoms with Crippen molar-refractivity contribution >= 4 is 35.8 Å². The summed E-state index contributed by atoms with van der Waals surface area (Å²) in [4.78, 5) is 85.4. The van der Waals surface area contributed by atoms with Crippen LogP contribution in [0.2, 0.25) is 0 Å². The van der Waals surface area contributed by atoms with E-state index < -0.39 is 169 Å². The number of hydrogen-bond donors (Lipinski definition) is 8. The van der Waals surface area contributed by atoms with Crippen molar-refractivity contribution in [2.24, 2.45) is 16.7 Å². The van der Waals surface area contributed by atoms with Crippen LogP contribution in [0.1, 0.15) is 90.2 Å². The highest BCUT2D eigenvalue weighted by molar-refractivity contribution is 5.96. The second kappa shape index (κ2) is 20.7. The van der Waals surface area contributed by atoms with Crippen molar-refractivity contribution in [2.45, 2.75) is 158 Å². The number of carbonyl (C=O) groups excluding carboxylic acids is 6. The lowest BCUT2D eigenvalue weighted by atomic mass is 9.44. The number of aliphatic hydroxyl groups excluding tert-OH is 6. The Hall–Kier alpha value is -5.40. The molecule has 4 fully saturated rings. The fourth-order valence-electron chi connectivity index (χ4n) is 11.2. The van der Waals surface area contributed by atoms with Gasteiger partial charge in [0.2, 0.25) is 0 Å². The van der Waals surface area contributed by atoms with Crippen LogP contribution < -0.4 is 5.32 Å². The molecule has 0 unspecified atom stereocenters. The zero-order valence-corrected chi connectivity index (χ0v) is 41.7. The summed E-state index contributed by atoms with van der Waals surface area (Å²) in [5.74, 6) is -7.39. The number of rotatable bonds is 13. The maximum absolute atomic E-state index is 16.0. The van der Waals surface area contributed by atoms with Crippen molar-refractivity contribution in [3.05, 3.63) is 82.9 Å². The summed E-state index contributed by atoms with van der Waals surface area (Å²) in [6, 6.07) is 14.0. The number of ketones is 1. The molecule has 16 atom stereocenters. The van der Waals surface area contributed by atoms with Crippen molar-refractivity contribution in [1.29, 1.82) is 0 Å². The van der Waals surface area contributed by atoms with Crippen LogP contribution in [-0.2, 0) is 57.1 Å². The molecule has 2 bridgehead atoms. The van der Waals surface area contributed by atoms with Gasteiger partial charge >= 0.3 is 30.0 Å². The van der Waals surface area contributed by atoms with Crippen molar-refractivity contribution in [1.82, 2.24) is 5.32 Å². The number of hydrogen-bond acceptors (Lipinski definition) is 21. The largest absolute Gasteiger partial charge is 0.456 e. The van der Waals surface area contributed by atoms with Crippen molar-refractivity contribution in [2.75, 3.05) is 19.8 Å². The molecule has 2 saturated heterocycles. The number of nitrogens with one attached hydrogen (secondary N) is 1. The first-order valence-corrected chi connectivity index (χ1v) is 23.9. The van der Waals surface area contributed by atoms with E-state index >= 15 is 4.79 Å². The lowest BCUT2D eigenvalue weighted by Crippen LogP contribution is -2.82. The molecule has 2 aliphatic heterocycles. The number of alkyl carbamates (subject to hydrolysis) is 1. The van der Waals surface area contributed by atoms with Gasteiger partial charge in [-0.15, -0.1) is 0 Å². The molecule has 5 aliphatic rings. The van der Waals surface area contributed by atoms with E-state index in [4.69, 9.17) is 37.9 Å². The number of carbonyl (C=O) groups is 6. The highest BCUT2D eigenvalue weighted by Crippen LogP contribution is 2.64. The summed E-state index contributed by atoms with van der Waals surface area (Å²) in [5, 5.41) is 81.6. The van der Waals surface area contributed by atoms with E-state index in [0.29, 0.717) is 0 Å². The average molecular weight is 1030 g/mol. The molecule has 73 heavy (non-hydrogen) atoms. The molecule has 2 heterocycles. The first-order valence-electron chi connectivity index (χ1n) is 23.9. The van der Waals surface area contributed by atoms with E-state index in [1.54, 1.807) is 57.2 Å². The summed E-state index contributed by atoms with van der Waals surface area (Å²) < 4.78 is 46.8. The number of ether oxygens (including phenoxy) is 8. The second-order valence-corrected chi connectivity index (χ2v) is 21.0. The van der Waals surface area contributed by atoms with Gasteiger partial charge in [-0.05, 0) is 63.5 Å². The molecule has 8 N–H and O–H groups in total. The van der Waals surface area contributed by atoms with Gasteiger partial charge in [0.25, 0.3) is 0 Å². The van der Waals surface area contributed by atoms with Crippen LogP contribution in [0.4, 0.5) is 4.79 Å². The number of amides is 1. The van der Waals surface area contributed by atoms with Crippen LogP contribution in [0.25, 0.3) is 0 Å². The van der Waals surface area contributed by atoms with Gasteiger partial charge in [-0.3, -0.25) is 9.59 Å². The quantitative estimate of drug-likeness (QED) is 0.0775. The molecular weight excluding hydrogens is 963 g/mol. The Labute approximate surface area is 420 Å². The third-order valence-corrected chi connectivity index (χ3v) is 15.0. The Morgan fingerprint density at radius 2 is 1.52 bits per heavy atom. The monoisotopic (exact) mass is 1030 g/mol. The van der Waals surface area contributed by atoms with Crippen molar-refractivity contribution < 1.29 is 102 Å². The first-order chi connectivity index (χ1) is 34.1. The molecule has 22 nitrogen and oxygen atoms in total. The fraction of sp³-hybridized carbons (Fsp3) is 0.608. The van der Waals surface area contributed by atoms with Crippen LogP contribution in [0.15, 0.2) is 71.8 Å². The molecule has 0 radical (unpaired) electrons. The van der Waals surface area contributed by atoms with E-state index in [1.165, 1.54) is 52.0 Å². The highest BCUT2D eigenvalue weighted by Gasteiger charge is 2.78. The molecule has 0 spiro atoms. The average Bonchev–Trinajstić information content (AvgIpc) is 3.32. The van der Waals surface area contributed by atoms with Crippen LogP contribution in [0, 0.1) is 16.7 Å². The van der Waals surface area contributed by atoms with Gasteiger partial charge in [-0.25, -0.2) is 19.2 Å². The predicted molar refractivity (Wildman–Crippen MR) is 247 cm³/mol. The van der Waals surface area contributed by atoms with Crippen LogP contribution in [0.5, 0.6) is 0 Å². The Bertz CT molecular complexity index is 2440. The molecule has 7 rings (SSSR count). The van der Waals surface area contributed by atoms with Crippen molar-refractivity contribution in [3.8, 4) is 0 Å². The van der Waals surface area contributed by atoms with Gasteiger partial charge in [-0.2, -0.15) is 0 Å². The van der Waals surface area contributed by atoms with E-state index in [1.807, 2.05) is 0 Å². The normalized spacial score (nSPS) is 35.5. The molecule has 2 aromatic rings. The molecule has 22 heteroatoms. The number of esters is 4. The Morgan fingerprint density at radius 1 is 0.890 bits per heavy atom. The predicted octanol–water partition coefficient (Wildman–Crippen LogP) is 0.627. The smallest absolute Gasteiger partial charge is 0.408 e. The van der Waals surface area contributed by atoms with Gasteiger partial charge in [0.1, 0.15) is 60.5 Å². The highest BCUT2D eigenvalue weighted by atomic mass is 16.7. The molecule has 2 aromatic carbocycles. The fourth-order valence-corrected chi connectivity index (χ4v) is 11.2. The number of Topliss-reactive ketones (excluding diaryl/α,β-unsaturated/α-hetero) is 1. The van der Waals surface area contributed by atoms with E-state index in [0.717, 1.165) is 6.92 Å². The Kier molecular flexibility index (Phi) is 15.7. The van der Waals surface area contributed by atoms with Gasteiger partial charge in [0.15, 0.2) is 29.9 Å². The van der Waals surface area contributed by atoms with Crippen molar-refractivity contribution in [3.63, 3.8) is 0 Å². The van der Waals surface area contributed by atoms with E-state index in [2.05, 4.69) is 5.32 Å². The summed E-state index contributed by atoms with van der Waals surface area (Å²) in [6.45, 7) is 9.15. The molecule has 3 aliphatic carbocycles. The second-order valence-electron chi connectivity index (χ2n) is 21.0. The molecule has 2 saturated carbocycles. The Morgan fingerprint density at radius 3 is 2.10 bits per heavy atom. The standard InChI is InChI=1S/C51H65NO21/c1-24-28(68-44(63)36(58)34(26-15-11-9-12-16-26)52-46(64)73-47(3,4)5)20-51(65)42(71-43(62)27-17-13-10-14-18-27)40-49(8,30(55)19-31-50(40,23-67-31)72-25(2)54)41(61)39(33(24)48(51,6)7)70-32(56)22-66-45-38(60)37(59)35(57)29(21-53)69-45/h9-18,28-31,34-40,42,45,53,55,57-60,65H,19-23H2,1-8H3,(H,52,64)/t28-,29+,30-,31+,34-,35+,36+,37-,38+,39+,40-,42-,45+,49+,50-,51+/m0/s1. The zero-order valence-electron chi connectivity index (χ0n) is 41.7.